The monoisotopic (exact) mass is 436 g/mol. The number of likely N-dealkylation sites (tertiary alicyclic amines) is 1. The number of hydrogen-bond acceptors (Lipinski definition) is 8. The Morgan fingerprint density at radius 1 is 1.30 bits per heavy atom. The molecule has 0 spiro atoms. The standard InChI is InChI=1S/C20H28N4O5S/c1-12-15-18(26)22-14(23-19(15)30-16(12)20(27)29-3)11-24-8-5-13(6-9-24)17(25)21-7-4-10-28-2/h13H,4-11H2,1-3H3,(H,21,25)(H,22,23,26). The predicted octanol–water partition coefficient (Wildman–Crippen LogP) is 1.44. The van der Waals surface area contributed by atoms with Crippen molar-refractivity contribution >= 4 is 33.4 Å². The number of hydrogen-bond donors (Lipinski definition) is 2. The van der Waals surface area contributed by atoms with Crippen LogP contribution in [0.25, 0.3) is 10.2 Å². The molecule has 0 radical (unpaired) electrons. The number of nitrogens with zero attached hydrogens (tertiary/aromatic N) is 2. The smallest absolute Gasteiger partial charge is 0.348 e. The van der Waals surface area contributed by atoms with Crippen LogP contribution in [-0.4, -0.2) is 67.2 Å². The Bertz CT molecular complexity index is 962. The lowest BCUT2D eigenvalue weighted by molar-refractivity contribution is -0.126. The number of amides is 1. The summed E-state index contributed by atoms with van der Waals surface area (Å²) >= 11 is 1.18. The van der Waals surface area contributed by atoms with Crippen LogP contribution in [0.15, 0.2) is 4.79 Å². The molecule has 2 aromatic rings. The van der Waals surface area contributed by atoms with Gasteiger partial charge in [0.25, 0.3) is 5.56 Å². The van der Waals surface area contributed by atoms with Gasteiger partial charge in [-0.3, -0.25) is 14.5 Å². The van der Waals surface area contributed by atoms with E-state index in [1.165, 1.54) is 18.4 Å². The van der Waals surface area contributed by atoms with E-state index in [0.29, 0.717) is 46.2 Å². The number of piperidine rings is 1. The molecule has 2 N–H and O–H groups in total. The summed E-state index contributed by atoms with van der Waals surface area (Å²) in [4.78, 5) is 47.2. The molecule has 9 nitrogen and oxygen atoms in total. The molecule has 0 atom stereocenters. The van der Waals surface area contributed by atoms with E-state index in [0.717, 1.165) is 32.4 Å². The summed E-state index contributed by atoms with van der Waals surface area (Å²) in [5.41, 5.74) is 0.351. The average molecular weight is 437 g/mol. The highest BCUT2D eigenvalue weighted by Crippen LogP contribution is 2.28. The second-order valence-electron chi connectivity index (χ2n) is 7.43. The van der Waals surface area contributed by atoms with Gasteiger partial charge < -0.3 is 19.8 Å². The van der Waals surface area contributed by atoms with Crippen molar-refractivity contribution in [2.24, 2.45) is 5.92 Å². The lowest BCUT2D eigenvalue weighted by Crippen LogP contribution is -2.41. The van der Waals surface area contributed by atoms with Crippen molar-refractivity contribution in [2.45, 2.75) is 32.7 Å². The van der Waals surface area contributed by atoms with Gasteiger partial charge in [0.05, 0.1) is 19.0 Å². The van der Waals surface area contributed by atoms with Crippen LogP contribution in [0.1, 0.15) is 40.3 Å². The minimum Gasteiger partial charge on any atom is -0.465 e. The number of ether oxygens (including phenoxy) is 2. The molecule has 1 aliphatic rings. The number of esters is 1. The quantitative estimate of drug-likeness (QED) is 0.475. The van der Waals surface area contributed by atoms with Gasteiger partial charge in [-0.05, 0) is 44.8 Å². The third-order valence-corrected chi connectivity index (χ3v) is 6.54. The minimum atomic E-state index is -0.459. The Hall–Kier alpha value is -2.30. The van der Waals surface area contributed by atoms with Crippen LogP contribution in [0.5, 0.6) is 0 Å². The molecule has 3 heterocycles. The van der Waals surface area contributed by atoms with Gasteiger partial charge in [0, 0.05) is 26.2 Å². The van der Waals surface area contributed by atoms with Crippen molar-refractivity contribution in [2.75, 3.05) is 40.5 Å². The predicted molar refractivity (Wildman–Crippen MR) is 114 cm³/mol. The van der Waals surface area contributed by atoms with Gasteiger partial charge >= 0.3 is 5.97 Å². The largest absolute Gasteiger partial charge is 0.465 e. The lowest BCUT2D eigenvalue weighted by Gasteiger charge is -2.30. The number of methoxy groups -OCH3 is 2. The topological polar surface area (TPSA) is 114 Å². The van der Waals surface area contributed by atoms with Crippen molar-refractivity contribution in [3.63, 3.8) is 0 Å². The highest BCUT2D eigenvalue weighted by molar-refractivity contribution is 7.20. The highest BCUT2D eigenvalue weighted by Gasteiger charge is 2.26. The molecule has 30 heavy (non-hydrogen) atoms. The number of aryl methyl sites for hydroxylation is 1. The number of H-pyrrole nitrogens is 1. The molecular formula is C20H28N4O5S. The van der Waals surface area contributed by atoms with E-state index in [4.69, 9.17) is 9.47 Å². The lowest BCUT2D eigenvalue weighted by atomic mass is 9.96. The average Bonchev–Trinajstić information content (AvgIpc) is 3.07. The third kappa shape index (κ3) is 5.05. The molecule has 3 rings (SSSR count). The van der Waals surface area contributed by atoms with Crippen molar-refractivity contribution in [1.29, 1.82) is 0 Å². The minimum absolute atomic E-state index is 0.0147. The summed E-state index contributed by atoms with van der Waals surface area (Å²) in [6.07, 6.45) is 2.35. The molecule has 0 bridgehead atoms. The Labute approximate surface area is 178 Å². The third-order valence-electron chi connectivity index (χ3n) is 5.38. The summed E-state index contributed by atoms with van der Waals surface area (Å²) < 4.78 is 9.78. The number of carbonyl (C=O) groups is 2. The summed E-state index contributed by atoms with van der Waals surface area (Å²) in [7, 11) is 2.97. The van der Waals surface area contributed by atoms with Gasteiger partial charge in [0.15, 0.2) is 0 Å². The first-order chi connectivity index (χ1) is 14.4. The number of rotatable bonds is 8. The highest BCUT2D eigenvalue weighted by atomic mass is 32.1. The molecule has 1 amide bonds. The van der Waals surface area contributed by atoms with E-state index in [2.05, 4.69) is 20.2 Å². The molecular weight excluding hydrogens is 408 g/mol. The maximum Gasteiger partial charge on any atom is 0.348 e. The van der Waals surface area contributed by atoms with Crippen LogP contribution in [0, 0.1) is 12.8 Å². The second kappa shape index (κ2) is 10.1. The van der Waals surface area contributed by atoms with Crippen molar-refractivity contribution in [3.8, 4) is 0 Å². The molecule has 1 aliphatic heterocycles. The van der Waals surface area contributed by atoms with E-state index in [9.17, 15) is 14.4 Å². The van der Waals surface area contributed by atoms with Gasteiger partial charge in [-0.1, -0.05) is 0 Å². The normalized spacial score (nSPS) is 15.4. The molecule has 164 valence electrons. The van der Waals surface area contributed by atoms with E-state index in [1.54, 1.807) is 14.0 Å². The zero-order valence-corrected chi connectivity index (χ0v) is 18.4. The summed E-state index contributed by atoms with van der Waals surface area (Å²) in [6, 6.07) is 0. The summed E-state index contributed by atoms with van der Waals surface area (Å²) in [6.45, 7) is 5.01. The number of aromatic nitrogens is 2. The molecule has 0 saturated carbocycles. The first-order valence-corrected chi connectivity index (χ1v) is 10.9. The SMILES string of the molecule is COCCCNC(=O)C1CCN(Cc2nc3sc(C(=O)OC)c(C)c3c(=O)[nH]2)CC1. The Balaban J connectivity index is 1.60. The van der Waals surface area contributed by atoms with Crippen LogP contribution < -0.4 is 10.9 Å². The van der Waals surface area contributed by atoms with E-state index < -0.39 is 5.97 Å². The Morgan fingerprint density at radius 3 is 2.70 bits per heavy atom. The fourth-order valence-electron chi connectivity index (χ4n) is 3.69. The van der Waals surface area contributed by atoms with Gasteiger partial charge in [0.1, 0.15) is 15.5 Å². The maximum atomic E-state index is 12.6. The zero-order chi connectivity index (χ0) is 21.7. The molecule has 1 fully saturated rings. The van der Waals surface area contributed by atoms with E-state index in [1.807, 2.05) is 0 Å². The van der Waals surface area contributed by atoms with Gasteiger partial charge in [-0.2, -0.15) is 0 Å². The number of fused-ring (bicyclic) bond motifs is 1. The Morgan fingerprint density at radius 2 is 2.03 bits per heavy atom. The van der Waals surface area contributed by atoms with Crippen LogP contribution in [0.4, 0.5) is 0 Å². The van der Waals surface area contributed by atoms with E-state index >= 15 is 0 Å². The number of thiophene rings is 1. The maximum absolute atomic E-state index is 12.6. The first kappa shape index (κ1) is 22.4. The zero-order valence-electron chi connectivity index (χ0n) is 17.6. The van der Waals surface area contributed by atoms with Gasteiger partial charge in [-0.25, -0.2) is 9.78 Å². The fourth-order valence-corrected chi connectivity index (χ4v) is 4.81. The van der Waals surface area contributed by atoms with Crippen LogP contribution in [0.3, 0.4) is 0 Å². The van der Waals surface area contributed by atoms with Crippen molar-refractivity contribution in [1.82, 2.24) is 20.2 Å². The molecule has 0 unspecified atom stereocenters. The fraction of sp³-hybridized carbons (Fsp3) is 0.600. The number of aromatic amines is 1. The molecule has 2 aromatic heterocycles. The van der Waals surface area contributed by atoms with Crippen LogP contribution >= 0.6 is 11.3 Å². The molecule has 10 heteroatoms. The van der Waals surface area contributed by atoms with Crippen LogP contribution in [-0.2, 0) is 20.8 Å². The number of carbonyl (C=O) groups excluding carboxylic acids is 2. The molecule has 0 aromatic carbocycles. The Kier molecular flexibility index (Phi) is 7.57. The first-order valence-electron chi connectivity index (χ1n) is 10.0. The van der Waals surface area contributed by atoms with Crippen molar-refractivity contribution in [3.05, 3.63) is 26.6 Å². The van der Waals surface area contributed by atoms with Crippen LogP contribution in [0.2, 0.25) is 0 Å². The molecule has 1 saturated heterocycles. The van der Waals surface area contributed by atoms with E-state index in [-0.39, 0.29) is 17.4 Å². The molecule has 0 aliphatic carbocycles. The van der Waals surface area contributed by atoms with Crippen molar-refractivity contribution < 1.29 is 19.1 Å². The second-order valence-corrected chi connectivity index (χ2v) is 8.43. The summed E-state index contributed by atoms with van der Waals surface area (Å²) in [5, 5.41) is 3.41. The van der Waals surface area contributed by atoms with Gasteiger partial charge in [0.2, 0.25) is 5.91 Å². The van der Waals surface area contributed by atoms with Gasteiger partial charge in [-0.15, -0.1) is 11.3 Å². The number of nitrogens with one attached hydrogen (secondary N) is 2. The summed E-state index contributed by atoms with van der Waals surface area (Å²) in [5.74, 6) is 0.218.